The highest BCUT2D eigenvalue weighted by atomic mass is 16.1. The summed E-state index contributed by atoms with van der Waals surface area (Å²) in [4.78, 5) is 19.2. The maximum absolute atomic E-state index is 11.9. The molecular formula is C18H19N3O. The second-order valence-corrected chi connectivity index (χ2v) is 5.35. The zero-order valence-corrected chi connectivity index (χ0v) is 12.4. The van der Waals surface area contributed by atoms with E-state index in [0.717, 1.165) is 29.3 Å². The van der Waals surface area contributed by atoms with Crippen molar-refractivity contribution in [2.24, 2.45) is 0 Å². The fraction of sp³-hybridized carbons (Fsp3) is 0.222. The zero-order valence-electron chi connectivity index (χ0n) is 12.4. The van der Waals surface area contributed by atoms with Gasteiger partial charge in [0.15, 0.2) is 0 Å². The van der Waals surface area contributed by atoms with Crippen molar-refractivity contribution in [3.63, 3.8) is 0 Å². The lowest BCUT2D eigenvalue weighted by molar-refractivity contribution is -0.121. The lowest BCUT2D eigenvalue weighted by Crippen LogP contribution is -2.22. The van der Waals surface area contributed by atoms with E-state index < -0.39 is 0 Å². The van der Waals surface area contributed by atoms with E-state index in [1.807, 2.05) is 42.7 Å². The minimum atomic E-state index is 0.0918. The fourth-order valence-corrected chi connectivity index (χ4v) is 2.56. The highest BCUT2D eigenvalue weighted by Gasteiger charge is 2.05. The molecule has 2 N–H and O–H groups in total. The van der Waals surface area contributed by atoms with Crippen molar-refractivity contribution in [2.75, 3.05) is 0 Å². The van der Waals surface area contributed by atoms with Gasteiger partial charge in [-0.05, 0) is 36.1 Å². The molecule has 0 radical (unpaired) electrons. The number of para-hydroxylation sites is 1. The Morgan fingerprint density at radius 1 is 1.18 bits per heavy atom. The van der Waals surface area contributed by atoms with Crippen molar-refractivity contribution in [3.8, 4) is 0 Å². The van der Waals surface area contributed by atoms with E-state index in [-0.39, 0.29) is 5.91 Å². The number of hydrogen-bond acceptors (Lipinski definition) is 2. The van der Waals surface area contributed by atoms with E-state index in [4.69, 9.17) is 0 Å². The summed E-state index contributed by atoms with van der Waals surface area (Å²) < 4.78 is 0. The molecule has 0 fully saturated rings. The number of carbonyl (C=O) groups is 1. The SMILES string of the molecule is O=C(CCCc1cccnc1)NCc1c[nH]c2ccccc12. The van der Waals surface area contributed by atoms with Crippen LogP contribution in [0.3, 0.4) is 0 Å². The summed E-state index contributed by atoms with van der Waals surface area (Å²) in [6.07, 6.45) is 7.83. The average Bonchev–Trinajstić information content (AvgIpc) is 2.97. The van der Waals surface area contributed by atoms with Crippen molar-refractivity contribution in [1.82, 2.24) is 15.3 Å². The van der Waals surface area contributed by atoms with Gasteiger partial charge in [-0.15, -0.1) is 0 Å². The Bertz CT molecular complexity index is 749. The summed E-state index contributed by atoms with van der Waals surface area (Å²) in [6.45, 7) is 0.565. The number of aromatic amines is 1. The van der Waals surface area contributed by atoms with Crippen molar-refractivity contribution in [3.05, 3.63) is 66.1 Å². The van der Waals surface area contributed by atoms with E-state index in [1.165, 1.54) is 5.56 Å². The molecule has 0 unspecified atom stereocenters. The number of aromatic nitrogens is 2. The van der Waals surface area contributed by atoms with Gasteiger partial charge in [-0.1, -0.05) is 24.3 Å². The van der Waals surface area contributed by atoms with Crippen LogP contribution in [0.2, 0.25) is 0 Å². The molecule has 0 bridgehead atoms. The van der Waals surface area contributed by atoms with Crippen LogP contribution in [0.4, 0.5) is 0 Å². The van der Waals surface area contributed by atoms with E-state index in [2.05, 4.69) is 21.4 Å². The maximum atomic E-state index is 11.9. The molecule has 4 nitrogen and oxygen atoms in total. The minimum absolute atomic E-state index is 0.0918. The van der Waals surface area contributed by atoms with Crippen molar-refractivity contribution >= 4 is 16.8 Å². The first-order valence-electron chi connectivity index (χ1n) is 7.53. The number of fused-ring (bicyclic) bond motifs is 1. The van der Waals surface area contributed by atoms with E-state index >= 15 is 0 Å². The van der Waals surface area contributed by atoms with E-state index in [0.29, 0.717) is 13.0 Å². The lowest BCUT2D eigenvalue weighted by Gasteiger charge is -2.05. The number of nitrogens with one attached hydrogen (secondary N) is 2. The van der Waals surface area contributed by atoms with Gasteiger partial charge in [0.1, 0.15) is 0 Å². The Morgan fingerprint density at radius 2 is 2.09 bits per heavy atom. The molecule has 0 saturated heterocycles. The van der Waals surface area contributed by atoms with Gasteiger partial charge < -0.3 is 10.3 Å². The fourth-order valence-electron chi connectivity index (χ4n) is 2.56. The summed E-state index contributed by atoms with van der Waals surface area (Å²) in [5.41, 5.74) is 3.39. The smallest absolute Gasteiger partial charge is 0.220 e. The van der Waals surface area contributed by atoms with E-state index in [9.17, 15) is 4.79 Å². The molecule has 0 spiro atoms. The van der Waals surface area contributed by atoms with Crippen LogP contribution in [0, 0.1) is 0 Å². The number of H-pyrrole nitrogens is 1. The normalized spacial score (nSPS) is 10.7. The molecule has 0 aliphatic rings. The van der Waals surface area contributed by atoms with Crippen LogP contribution >= 0.6 is 0 Å². The van der Waals surface area contributed by atoms with Crippen molar-refractivity contribution in [1.29, 1.82) is 0 Å². The number of nitrogens with zero attached hydrogens (tertiary/aromatic N) is 1. The summed E-state index contributed by atoms with van der Waals surface area (Å²) >= 11 is 0. The third kappa shape index (κ3) is 3.52. The third-order valence-electron chi connectivity index (χ3n) is 3.74. The molecule has 112 valence electrons. The van der Waals surface area contributed by atoms with Crippen LogP contribution in [-0.2, 0) is 17.8 Å². The van der Waals surface area contributed by atoms with Gasteiger partial charge in [-0.3, -0.25) is 9.78 Å². The first kappa shape index (κ1) is 14.3. The molecular weight excluding hydrogens is 274 g/mol. The number of hydrogen-bond donors (Lipinski definition) is 2. The largest absolute Gasteiger partial charge is 0.361 e. The molecule has 0 atom stereocenters. The van der Waals surface area contributed by atoms with Crippen molar-refractivity contribution < 1.29 is 4.79 Å². The van der Waals surface area contributed by atoms with E-state index in [1.54, 1.807) is 6.20 Å². The van der Waals surface area contributed by atoms with Crippen LogP contribution in [-0.4, -0.2) is 15.9 Å². The molecule has 2 heterocycles. The number of benzene rings is 1. The lowest BCUT2D eigenvalue weighted by atomic mass is 10.1. The van der Waals surface area contributed by atoms with Gasteiger partial charge in [0, 0.05) is 42.5 Å². The Labute approximate surface area is 129 Å². The number of carbonyl (C=O) groups excluding carboxylic acids is 1. The molecule has 1 amide bonds. The number of aryl methyl sites for hydroxylation is 1. The molecule has 22 heavy (non-hydrogen) atoms. The zero-order chi connectivity index (χ0) is 15.2. The number of pyridine rings is 1. The monoisotopic (exact) mass is 293 g/mol. The van der Waals surface area contributed by atoms with Gasteiger partial charge in [0.05, 0.1) is 0 Å². The topological polar surface area (TPSA) is 57.8 Å². The maximum Gasteiger partial charge on any atom is 0.220 e. The molecule has 0 aliphatic heterocycles. The summed E-state index contributed by atoms with van der Waals surface area (Å²) in [6, 6.07) is 12.1. The summed E-state index contributed by atoms with van der Waals surface area (Å²) in [7, 11) is 0. The van der Waals surface area contributed by atoms with Gasteiger partial charge in [0.2, 0.25) is 5.91 Å². The molecule has 4 heteroatoms. The summed E-state index contributed by atoms with van der Waals surface area (Å²) in [5.74, 6) is 0.0918. The Hall–Kier alpha value is -2.62. The second-order valence-electron chi connectivity index (χ2n) is 5.35. The molecule has 2 aromatic heterocycles. The summed E-state index contributed by atoms with van der Waals surface area (Å²) in [5, 5.41) is 4.15. The first-order chi connectivity index (χ1) is 10.8. The van der Waals surface area contributed by atoms with Crippen LogP contribution in [0.1, 0.15) is 24.0 Å². The van der Waals surface area contributed by atoms with Gasteiger partial charge >= 0.3 is 0 Å². The average molecular weight is 293 g/mol. The van der Waals surface area contributed by atoms with Crippen LogP contribution in [0.25, 0.3) is 10.9 Å². The highest BCUT2D eigenvalue weighted by molar-refractivity contribution is 5.83. The van der Waals surface area contributed by atoms with Crippen LogP contribution in [0.15, 0.2) is 55.0 Å². The standard InChI is InChI=1S/C18H19N3O/c22-18(9-3-5-14-6-4-10-19-11-14)21-13-15-12-20-17-8-2-1-7-16(15)17/h1-2,4,6-8,10-12,20H,3,5,9,13H2,(H,21,22). The molecule has 3 aromatic rings. The third-order valence-corrected chi connectivity index (χ3v) is 3.74. The van der Waals surface area contributed by atoms with Gasteiger partial charge in [0.25, 0.3) is 0 Å². The molecule has 1 aromatic carbocycles. The second kappa shape index (κ2) is 6.89. The Morgan fingerprint density at radius 3 is 2.95 bits per heavy atom. The van der Waals surface area contributed by atoms with Gasteiger partial charge in [-0.2, -0.15) is 0 Å². The predicted molar refractivity (Wildman–Crippen MR) is 87.3 cm³/mol. The quantitative estimate of drug-likeness (QED) is 0.733. The molecule has 3 rings (SSSR count). The van der Waals surface area contributed by atoms with Crippen LogP contribution < -0.4 is 5.32 Å². The minimum Gasteiger partial charge on any atom is -0.361 e. The Balaban J connectivity index is 1.46. The Kier molecular flexibility index (Phi) is 4.49. The number of amides is 1. The van der Waals surface area contributed by atoms with Crippen molar-refractivity contribution in [2.45, 2.75) is 25.8 Å². The van der Waals surface area contributed by atoms with Crippen LogP contribution in [0.5, 0.6) is 0 Å². The first-order valence-corrected chi connectivity index (χ1v) is 7.53. The van der Waals surface area contributed by atoms with Gasteiger partial charge in [-0.25, -0.2) is 0 Å². The number of rotatable bonds is 6. The highest BCUT2D eigenvalue weighted by Crippen LogP contribution is 2.17. The molecule has 0 aliphatic carbocycles. The predicted octanol–water partition coefficient (Wildman–Crippen LogP) is 3.20. The molecule has 0 saturated carbocycles.